The fourth-order valence-corrected chi connectivity index (χ4v) is 3.58. The summed E-state index contributed by atoms with van der Waals surface area (Å²) in [7, 11) is 0. The van der Waals surface area contributed by atoms with Crippen molar-refractivity contribution in [2.24, 2.45) is 0 Å². The minimum atomic E-state index is -1.04. The first-order chi connectivity index (χ1) is 12.1. The molecule has 0 spiro atoms. The molecular formula is C16H25NO8S. The van der Waals surface area contributed by atoms with Gasteiger partial charge in [-0.2, -0.15) is 0 Å². The Morgan fingerprint density at radius 1 is 0.962 bits per heavy atom. The summed E-state index contributed by atoms with van der Waals surface area (Å²) in [6.45, 7) is 6.70. The molecule has 0 bridgehead atoms. The number of rotatable bonds is 7. The Kier molecular flexibility index (Phi) is 8.86. The van der Waals surface area contributed by atoms with Crippen LogP contribution in [0.15, 0.2) is 0 Å². The van der Waals surface area contributed by atoms with Gasteiger partial charge in [-0.25, -0.2) is 0 Å². The van der Waals surface area contributed by atoms with E-state index in [9.17, 15) is 19.2 Å². The SMILES string of the molecule is CCS[C@@H]1O[C@H](COC(C)=O)[C@H](OC(C)=O)[C@@H](OC(C)=O)[C@H]1NC(C)=O. The molecule has 1 fully saturated rings. The third-order valence-corrected chi connectivity index (χ3v) is 4.47. The second-order valence-electron chi connectivity index (χ2n) is 5.68. The average molecular weight is 391 g/mol. The van der Waals surface area contributed by atoms with Crippen LogP contribution >= 0.6 is 11.8 Å². The molecule has 26 heavy (non-hydrogen) atoms. The van der Waals surface area contributed by atoms with Gasteiger partial charge in [0.1, 0.15) is 24.2 Å². The third-order valence-electron chi connectivity index (χ3n) is 3.40. The molecule has 1 aliphatic rings. The molecule has 0 saturated carbocycles. The summed E-state index contributed by atoms with van der Waals surface area (Å²) in [5.74, 6) is -1.44. The molecular weight excluding hydrogens is 366 g/mol. The quantitative estimate of drug-likeness (QED) is 0.486. The van der Waals surface area contributed by atoms with Crippen LogP contribution in [0.1, 0.15) is 34.6 Å². The molecule has 1 saturated heterocycles. The van der Waals surface area contributed by atoms with Crippen molar-refractivity contribution in [2.75, 3.05) is 12.4 Å². The van der Waals surface area contributed by atoms with E-state index in [0.717, 1.165) is 0 Å². The normalized spacial score (nSPS) is 28.0. The van der Waals surface area contributed by atoms with Crippen molar-refractivity contribution >= 4 is 35.6 Å². The molecule has 1 aliphatic heterocycles. The molecule has 1 N–H and O–H groups in total. The van der Waals surface area contributed by atoms with E-state index in [1.54, 1.807) is 0 Å². The number of thioether (sulfide) groups is 1. The van der Waals surface area contributed by atoms with E-state index in [4.69, 9.17) is 18.9 Å². The van der Waals surface area contributed by atoms with Gasteiger partial charge in [-0.3, -0.25) is 19.2 Å². The van der Waals surface area contributed by atoms with Crippen molar-refractivity contribution in [1.29, 1.82) is 0 Å². The standard InChI is InChI=1S/C16H25NO8S/c1-6-26-16-13(17-8(2)18)15(24-11(5)21)14(23-10(4)20)12(25-16)7-22-9(3)19/h12-16H,6-7H2,1-5H3,(H,17,18)/t12-,13-,14+,15+,16+/m1/s1. The van der Waals surface area contributed by atoms with Gasteiger partial charge >= 0.3 is 17.9 Å². The number of carbonyl (C=O) groups excluding carboxylic acids is 4. The molecule has 148 valence electrons. The molecule has 0 aliphatic carbocycles. The number of carbonyl (C=O) groups is 4. The Balaban J connectivity index is 3.22. The summed E-state index contributed by atoms with van der Waals surface area (Å²) in [5.41, 5.74) is -0.583. The Labute approximate surface area is 156 Å². The highest BCUT2D eigenvalue weighted by Crippen LogP contribution is 2.32. The van der Waals surface area contributed by atoms with Crippen molar-refractivity contribution in [3.05, 3.63) is 0 Å². The lowest BCUT2D eigenvalue weighted by atomic mass is 9.97. The molecule has 0 unspecified atom stereocenters. The first-order valence-electron chi connectivity index (χ1n) is 8.17. The van der Waals surface area contributed by atoms with Crippen molar-refractivity contribution in [3.8, 4) is 0 Å². The number of ether oxygens (including phenoxy) is 4. The van der Waals surface area contributed by atoms with Crippen molar-refractivity contribution < 1.29 is 38.1 Å². The Morgan fingerprint density at radius 2 is 1.54 bits per heavy atom. The number of hydrogen-bond donors (Lipinski definition) is 1. The van der Waals surface area contributed by atoms with E-state index in [0.29, 0.717) is 5.75 Å². The summed E-state index contributed by atoms with van der Waals surface area (Å²) < 4.78 is 21.6. The second kappa shape index (κ2) is 10.4. The Hall–Kier alpha value is -1.81. The minimum absolute atomic E-state index is 0.182. The first-order valence-corrected chi connectivity index (χ1v) is 9.22. The zero-order valence-electron chi connectivity index (χ0n) is 15.5. The molecule has 10 heteroatoms. The average Bonchev–Trinajstić information content (AvgIpc) is 2.50. The number of nitrogens with one attached hydrogen (secondary N) is 1. The molecule has 0 aromatic carbocycles. The maximum absolute atomic E-state index is 11.6. The molecule has 1 amide bonds. The summed E-state index contributed by atoms with van der Waals surface area (Å²) in [5, 5.41) is 2.70. The predicted molar refractivity (Wildman–Crippen MR) is 92.1 cm³/mol. The topological polar surface area (TPSA) is 117 Å². The van der Waals surface area contributed by atoms with E-state index in [1.807, 2.05) is 6.92 Å². The molecule has 1 heterocycles. The van der Waals surface area contributed by atoms with E-state index >= 15 is 0 Å². The molecule has 9 nitrogen and oxygen atoms in total. The van der Waals surface area contributed by atoms with Crippen LogP contribution in [-0.4, -0.2) is 66.0 Å². The van der Waals surface area contributed by atoms with Gasteiger partial charge in [0.05, 0.1) is 0 Å². The smallest absolute Gasteiger partial charge is 0.303 e. The summed E-state index contributed by atoms with van der Waals surface area (Å²) in [6, 6.07) is -0.737. The minimum Gasteiger partial charge on any atom is -0.463 e. The van der Waals surface area contributed by atoms with Crippen molar-refractivity contribution in [1.82, 2.24) is 5.32 Å². The van der Waals surface area contributed by atoms with Gasteiger partial charge in [0.15, 0.2) is 12.2 Å². The van der Waals surface area contributed by atoms with Gasteiger partial charge in [-0.05, 0) is 5.75 Å². The van der Waals surface area contributed by atoms with Gasteiger partial charge in [0.25, 0.3) is 0 Å². The monoisotopic (exact) mass is 391 g/mol. The van der Waals surface area contributed by atoms with Gasteiger partial charge in [0, 0.05) is 27.7 Å². The molecule has 0 radical (unpaired) electrons. The van der Waals surface area contributed by atoms with E-state index in [-0.39, 0.29) is 12.5 Å². The number of esters is 3. The van der Waals surface area contributed by atoms with Crippen LogP contribution in [0.25, 0.3) is 0 Å². The van der Waals surface area contributed by atoms with Gasteiger partial charge < -0.3 is 24.3 Å². The van der Waals surface area contributed by atoms with E-state index in [1.165, 1.54) is 39.5 Å². The van der Waals surface area contributed by atoms with Gasteiger partial charge in [-0.15, -0.1) is 11.8 Å². The highest BCUT2D eigenvalue weighted by molar-refractivity contribution is 7.99. The Bertz CT molecular complexity index is 540. The summed E-state index contributed by atoms with van der Waals surface area (Å²) in [6.07, 6.45) is -2.87. The second-order valence-corrected chi connectivity index (χ2v) is 7.05. The molecule has 0 aromatic heterocycles. The molecule has 0 aromatic rings. The van der Waals surface area contributed by atoms with Crippen LogP contribution in [0.5, 0.6) is 0 Å². The lowest BCUT2D eigenvalue weighted by Crippen LogP contribution is -2.65. The van der Waals surface area contributed by atoms with Gasteiger partial charge in [-0.1, -0.05) is 6.92 Å². The van der Waals surface area contributed by atoms with Crippen LogP contribution < -0.4 is 5.32 Å². The lowest BCUT2D eigenvalue weighted by molar-refractivity contribution is -0.211. The summed E-state index contributed by atoms with van der Waals surface area (Å²) in [4.78, 5) is 45.9. The van der Waals surface area contributed by atoms with Gasteiger partial charge in [0.2, 0.25) is 5.91 Å². The van der Waals surface area contributed by atoms with Crippen LogP contribution in [-0.2, 0) is 38.1 Å². The zero-order chi connectivity index (χ0) is 19.9. The molecule has 5 atom stereocenters. The maximum Gasteiger partial charge on any atom is 0.303 e. The molecule has 1 rings (SSSR count). The van der Waals surface area contributed by atoms with Crippen LogP contribution in [0.2, 0.25) is 0 Å². The van der Waals surface area contributed by atoms with E-state index < -0.39 is 47.7 Å². The summed E-state index contributed by atoms with van der Waals surface area (Å²) >= 11 is 1.38. The lowest BCUT2D eigenvalue weighted by Gasteiger charge is -2.45. The highest BCUT2D eigenvalue weighted by atomic mass is 32.2. The van der Waals surface area contributed by atoms with Crippen molar-refractivity contribution in [3.63, 3.8) is 0 Å². The zero-order valence-corrected chi connectivity index (χ0v) is 16.3. The maximum atomic E-state index is 11.6. The van der Waals surface area contributed by atoms with Crippen molar-refractivity contribution in [2.45, 2.75) is 64.4 Å². The fraction of sp³-hybridized carbons (Fsp3) is 0.750. The predicted octanol–water partition coefficient (Wildman–Crippen LogP) is 0.396. The largest absolute Gasteiger partial charge is 0.463 e. The van der Waals surface area contributed by atoms with Crippen LogP contribution in [0.3, 0.4) is 0 Å². The highest BCUT2D eigenvalue weighted by Gasteiger charge is 2.50. The third kappa shape index (κ3) is 6.83. The van der Waals surface area contributed by atoms with Crippen LogP contribution in [0, 0.1) is 0 Å². The fourth-order valence-electron chi connectivity index (χ4n) is 2.60. The Morgan fingerprint density at radius 3 is 2.00 bits per heavy atom. The first kappa shape index (κ1) is 22.2. The van der Waals surface area contributed by atoms with E-state index in [2.05, 4.69) is 5.32 Å². The van der Waals surface area contributed by atoms with Crippen LogP contribution in [0.4, 0.5) is 0 Å². The number of amides is 1. The number of hydrogen-bond acceptors (Lipinski definition) is 9.